The molecule has 0 N–H and O–H groups in total. The zero-order chi connectivity index (χ0) is 52.1. The Hall–Kier alpha value is -8.81. The number of fused-ring (bicyclic) bond motifs is 7. The van der Waals surface area contributed by atoms with Crippen LogP contribution in [-0.2, 0) is 5.41 Å². The lowest BCUT2D eigenvalue weighted by Crippen LogP contribution is -2.60. The topological polar surface area (TPSA) is 55.8 Å². The average molecular weight is 941 g/mol. The van der Waals surface area contributed by atoms with Crippen LogP contribution in [0.15, 0.2) is 228 Å². The Labute approximate surface area is 430 Å². The van der Waals surface area contributed by atoms with Crippen molar-refractivity contribution in [1.29, 1.82) is 10.5 Å². The predicted molar refractivity (Wildman–Crippen MR) is 301 cm³/mol. The van der Waals surface area contributed by atoms with Crippen molar-refractivity contribution in [2.24, 2.45) is 0 Å². The lowest BCUT2D eigenvalue weighted by atomic mass is 9.34. The summed E-state index contributed by atoms with van der Waals surface area (Å²) in [6.07, 6.45) is 0. The number of nitrogens with zero attached hydrogens (tertiary/aromatic N) is 4. The highest BCUT2D eigenvalue weighted by Crippen LogP contribution is 2.51. The van der Waals surface area contributed by atoms with Gasteiger partial charge in [0.15, 0.2) is 0 Å². The second-order valence-electron chi connectivity index (χ2n) is 19.6. The van der Waals surface area contributed by atoms with Crippen LogP contribution in [0.2, 0.25) is 0 Å². The maximum atomic E-state index is 9.97. The molecule has 0 unspecified atom stereocenters. The minimum atomic E-state index is -0.291. The van der Waals surface area contributed by atoms with Gasteiger partial charge in [0.25, 0.3) is 0 Å². The van der Waals surface area contributed by atoms with Crippen LogP contribution in [0.4, 0.5) is 17.1 Å². The first-order valence-corrected chi connectivity index (χ1v) is 25.0. The second kappa shape index (κ2) is 17.0. The number of aromatic nitrogens is 1. The summed E-state index contributed by atoms with van der Waals surface area (Å²) < 4.78 is 39.3. The molecule has 2 aliphatic rings. The zero-order valence-electron chi connectivity index (χ0n) is 43.7. The molecule has 338 valence electrons. The lowest BCUT2D eigenvalue weighted by Gasteiger charge is -2.42. The molecule has 10 aromatic carbocycles. The van der Waals surface area contributed by atoms with Crippen molar-refractivity contribution < 1.29 is 5.48 Å². The van der Waals surface area contributed by atoms with Gasteiger partial charge in [-0.15, -0.1) is 0 Å². The van der Waals surface area contributed by atoms with Crippen LogP contribution in [0.5, 0.6) is 0 Å². The van der Waals surface area contributed by atoms with E-state index in [0.29, 0.717) is 22.0 Å². The van der Waals surface area contributed by atoms with E-state index in [4.69, 9.17) is 2.74 Å². The molecule has 0 bridgehead atoms. The molecule has 0 aliphatic carbocycles. The zero-order valence-corrected chi connectivity index (χ0v) is 40.6. The van der Waals surface area contributed by atoms with Crippen molar-refractivity contribution >= 4 is 73.7 Å². The predicted octanol–water partition coefficient (Wildman–Crippen LogP) is 15.3. The summed E-state index contributed by atoms with van der Waals surface area (Å²) in [7, 11) is 0. The van der Waals surface area contributed by atoms with Crippen LogP contribution in [-0.4, -0.2) is 11.3 Å². The molecule has 1 aromatic heterocycles. The molecule has 0 amide bonds. The van der Waals surface area contributed by atoms with E-state index < -0.39 is 0 Å². The van der Waals surface area contributed by atoms with E-state index >= 15 is 0 Å². The molecule has 2 aliphatic heterocycles. The molecule has 6 heteroatoms. The van der Waals surface area contributed by atoms with Crippen LogP contribution in [0.3, 0.4) is 0 Å². The maximum absolute atomic E-state index is 9.97. The summed E-state index contributed by atoms with van der Waals surface area (Å²) in [6.45, 7) is 6.26. The van der Waals surface area contributed by atoms with Gasteiger partial charge in [-0.3, -0.25) is 0 Å². The van der Waals surface area contributed by atoms with Gasteiger partial charge in [0.05, 0.1) is 45.5 Å². The summed E-state index contributed by atoms with van der Waals surface area (Å²) in [6, 6.07) is 71.0. The minimum Gasteiger partial charge on any atom is -0.310 e. The Morgan fingerprint density at radius 1 is 0.500 bits per heavy atom. The van der Waals surface area contributed by atoms with Crippen molar-refractivity contribution in [1.82, 2.24) is 4.57 Å². The van der Waals surface area contributed by atoms with E-state index in [-0.39, 0.29) is 36.3 Å². The Bertz CT molecular complexity index is 4230. The molecule has 3 heterocycles. The number of hydrogen-bond acceptors (Lipinski definition) is 4. The molecule has 0 radical (unpaired) electrons. The second-order valence-corrected chi connectivity index (χ2v) is 20.7. The number of rotatable bonds is 6. The van der Waals surface area contributed by atoms with E-state index in [1.807, 2.05) is 60.7 Å². The lowest BCUT2D eigenvalue weighted by molar-refractivity contribution is 0.591. The molecule has 13 rings (SSSR count). The summed E-state index contributed by atoms with van der Waals surface area (Å²) in [5, 5.41) is 21.2. The monoisotopic (exact) mass is 940 g/mol. The van der Waals surface area contributed by atoms with E-state index in [1.165, 1.54) is 5.46 Å². The third kappa shape index (κ3) is 7.06. The molecule has 72 heavy (non-hydrogen) atoms. The van der Waals surface area contributed by atoms with Gasteiger partial charge in [0, 0.05) is 48.8 Å². The van der Waals surface area contributed by atoms with Crippen molar-refractivity contribution in [3.63, 3.8) is 0 Å². The molecule has 4 nitrogen and oxygen atoms in total. The van der Waals surface area contributed by atoms with Crippen molar-refractivity contribution in [2.45, 2.75) is 36.0 Å². The van der Waals surface area contributed by atoms with E-state index in [1.54, 1.807) is 11.8 Å². The number of benzene rings is 10. The average Bonchev–Trinajstić information content (AvgIpc) is 3.94. The van der Waals surface area contributed by atoms with Crippen molar-refractivity contribution in [3.05, 3.63) is 235 Å². The summed E-state index contributed by atoms with van der Waals surface area (Å²) in [5.74, 6) is 0. The highest BCUT2D eigenvalue weighted by atomic mass is 32.2. The summed E-state index contributed by atoms with van der Waals surface area (Å²) >= 11 is 1.73. The number of hydrogen-bond donors (Lipinski definition) is 0. The SMILES string of the molecule is [2H]c1c([2H])c([2H])c2c(c1[2H])c1cc(C(C)(C)C)ccc1n2-c1cc2c3c(c1)N(c1c(-c4ccc(C#N)cc4)cccc1-c1ccc(C#N)cc1)c1cc(-c4ccccc4)ccc1B3c1ccc(-c3ccccc3)cc1S2. The van der Waals surface area contributed by atoms with Crippen molar-refractivity contribution in [2.75, 3.05) is 4.90 Å². The minimum absolute atomic E-state index is 0.0747. The largest absolute Gasteiger partial charge is 0.310 e. The molecule has 0 saturated carbocycles. The smallest absolute Gasteiger partial charge is 0.249 e. The van der Waals surface area contributed by atoms with Crippen molar-refractivity contribution in [3.8, 4) is 62.3 Å². The third-order valence-corrected chi connectivity index (χ3v) is 15.5. The highest BCUT2D eigenvalue weighted by Gasteiger charge is 2.43. The molecule has 0 spiro atoms. The maximum Gasteiger partial charge on any atom is 0.249 e. The molecule has 11 aromatic rings. The fourth-order valence-corrected chi connectivity index (χ4v) is 12.1. The fraction of sp³-hybridized carbons (Fsp3) is 0.0606. The van der Waals surface area contributed by atoms with Gasteiger partial charge in [0.1, 0.15) is 0 Å². The number of anilines is 3. The summed E-state index contributed by atoms with van der Waals surface area (Å²) in [4.78, 5) is 4.56. The third-order valence-electron chi connectivity index (χ3n) is 14.4. The highest BCUT2D eigenvalue weighted by molar-refractivity contribution is 8.00. The Balaban J connectivity index is 1.19. The Morgan fingerprint density at radius 2 is 1.10 bits per heavy atom. The first-order valence-electron chi connectivity index (χ1n) is 26.1. The van der Waals surface area contributed by atoms with Crippen LogP contribution in [0.25, 0.3) is 72.0 Å². The fourth-order valence-electron chi connectivity index (χ4n) is 10.9. The Morgan fingerprint density at radius 3 is 1.72 bits per heavy atom. The van der Waals surface area contributed by atoms with E-state index in [2.05, 4.69) is 176 Å². The van der Waals surface area contributed by atoms with Gasteiger partial charge in [-0.1, -0.05) is 190 Å². The van der Waals surface area contributed by atoms with Gasteiger partial charge in [-0.25, -0.2) is 0 Å². The number of nitriles is 2. The molecule has 0 atom stereocenters. The number of para-hydroxylation sites is 2. The summed E-state index contributed by atoms with van der Waals surface area (Å²) in [5.41, 5.74) is 18.1. The van der Waals surface area contributed by atoms with Crippen LogP contribution in [0.1, 0.15) is 42.9 Å². The normalized spacial score (nSPS) is 13.3. The molecule has 0 saturated heterocycles. The van der Waals surface area contributed by atoms with E-state index in [9.17, 15) is 13.3 Å². The molecule has 0 fully saturated rings. The van der Waals surface area contributed by atoms with E-state index in [0.717, 1.165) is 104 Å². The quantitative estimate of drug-likeness (QED) is 0.156. The Kier molecular flexibility index (Phi) is 9.18. The van der Waals surface area contributed by atoms with Crippen LogP contribution >= 0.6 is 11.8 Å². The van der Waals surface area contributed by atoms with Crippen LogP contribution < -0.4 is 21.3 Å². The molecular formula is C66H45BN4S. The van der Waals surface area contributed by atoms with Gasteiger partial charge in [0.2, 0.25) is 6.71 Å². The first-order chi connectivity index (χ1) is 36.9. The first kappa shape index (κ1) is 39.0. The van der Waals surface area contributed by atoms with Gasteiger partial charge in [-0.05, 0) is 122 Å². The van der Waals surface area contributed by atoms with Crippen LogP contribution in [0, 0.1) is 22.7 Å². The molecular weight excluding hydrogens is 892 g/mol. The van der Waals surface area contributed by atoms with Gasteiger partial charge in [-0.2, -0.15) is 10.5 Å². The van der Waals surface area contributed by atoms with Gasteiger partial charge < -0.3 is 9.47 Å². The standard InChI is InChI=1S/C66H45BN4S/c1-66(2,3)50-31-34-59-55(37-50)54-17-10-11-20-58(54)70(59)51-38-61-64-63(39-51)72-62-36-49(45-15-8-5-9-16-45)30-33-57(62)67(64)56-32-29-48(44-13-6-4-7-14-44)35-60(56)71(61)65-52(46-25-21-42(40-68)22-26-46)18-12-19-53(65)47-27-23-43(41-69)24-28-47/h4-39H,1-3H3/i10D,11D,17D,20D. The van der Waals surface area contributed by atoms with Gasteiger partial charge >= 0.3 is 0 Å².